The van der Waals surface area contributed by atoms with Gasteiger partial charge in [0.2, 0.25) is 5.91 Å². The Balaban J connectivity index is 1.86. The summed E-state index contributed by atoms with van der Waals surface area (Å²) in [5, 5.41) is 3.30. The fourth-order valence-corrected chi connectivity index (χ4v) is 3.41. The first-order valence-corrected chi connectivity index (χ1v) is 8.95. The van der Waals surface area contributed by atoms with Gasteiger partial charge in [-0.05, 0) is 25.7 Å². The first kappa shape index (κ1) is 18.5. The summed E-state index contributed by atoms with van der Waals surface area (Å²) in [7, 11) is 1.44. The van der Waals surface area contributed by atoms with Crippen molar-refractivity contribution in [1.82, 2.24) is 15.1 Å². The van der Waals surface area contributed by atoms with Crippen molar-refractivity contribution < 1.29 is 14.3 Å². The lowest BCUT2D eigenvalue weighted by molar-refractivity contribution is -0.146. The number of hydrogen-bond acceptors (Lipinski definition) is 4. The number of nitrogens with one attached hydrogen (secondary N) is 1. The van der Waals surface area contributed by atoms with Crippen LogP contribution in [0.25, 0.3) is 0 Å². The molecule has 0 aromatic rings. The van der Waals surface area contributed by atoms with E-state index in [1.54, 1.807) is 0 Å². The minimum atomic E-state index is -0.145. The average Bonchev–Trinajstić information content (AvgIpc) is 3.15. The van der Waals surface area contributed by atoms with Gasteiger partial charge in [0.25, 0.3) is 0 Å². The van der Waals surface area contributed by atoms with Gasteiger partial charge in [-0.15, -0.1) is 0 Å². The molecule has 0 spiro atoms. The Morgan fingerprint density at radius 3 is 2.83 bits per heavy atom. The fourth-order valence-electron chi connectivity index (χ4n) is 3.41. The van der Waals surface area contributed by atoms with E-state index in [4.69, 9.17) is 4.74 Å². The zero-order valence-corrected chi connectivity index (χ0v) is 15.1. The van der Waals surface area contributed by atoms with E-state index in [2.05, 4.69) is 22.1 Å². The van der Waals surface area contributed by atoms with Gasteiger partial charge in [-0.25, -0.2) is 0 Å². The van der Waals surface area contributed by atoms with Crippen molar-refractivity contribution in [2.24, 2.45) is 16.8 Å². The molecular formula is C17H30N4O3. The van der Waals surface area contributed by atoms with Gasteiger partial charge in [-0.1, -0.05) is 6.92 Å². The van der Waals surface area contributed by atoms with E-state index in [9.17, 15) is 9.59 Å². The number of nitrogens with zero attached hydrogens (tertiary/aromatic N) is 3. The van der Waals surface area contributed by atoms with E-state index in [1.165, 1.54) is 7.11 Å². The normalized spacial score (nSPS) is 24.6. The summed E-state index contributed by atoms with van der Waals surface area (Å²) in [5.41, 5.74) is 0. The van der Waals surface area contributed by atoms with Gasteiger partial charge < -0.3 is 19.9 Å². The number of rotatable bonds is 6. The summed E-state index contributed by atoms with van der Waals surface area (Å²) in [6.07, 6.45) is 2.53. The van der Waals surface area contributed by atoms with Gasteiger partial charge in [0.05, 0.1) is 13.0 Å². The Morgan fingerprint density at radius 2 is 2.21 bits per heavy atom. The molecule has 0 aromatic carbocycles. The van der Waals surface area contributed by atoms with Crippen molar-refractivity contribution in [3.8, 4) is 0 Å². The second-order valence-corrected chi connectivity index (χ2v) is 6.59. The van der Waals surface area contributed by atoms with Crippen LogP contribution in [0.4, 0.5) is 0 Å². The summed E-state index contributed by atoms with van der Waals surface area (Å²) in [5.74, 6) is 1.13. The average molecular weight is 338 g/mol. The lowest BCUT2D eigenvalue weighted by atomic mass is 9.99. The molecule has 7 nitrogen and oxygen atoms in total. The maximum atomic E-state index is 11.8. The van der Waals surface area contributed by atoms with Crippen LogP contribution in [0.3, 0.4) is 0 Å². The van der Waals surface area contributed by atoms with Gasteiger partial charge in [-0.2, -0.15) is 0 Å². The lowest BCUT2D eigenvalue weighted by Gasteiger charge is -2.21. The quantitative estimate of drug-likeness (QED) is 0.334. The van der Waals surface area contributed by atoms with Crippen LogP contribution >= 0.6 is 0 Å². The number of ether oxygens (including phenoxy) is 1. The predicted molar refractivity (Wildman–Crippen MR) is 92.7 cm³/mol. The second kappa shape index (κ2) is 8.89. The molecule has 2 aliphatic rings. The molecule has 2 fully saturated rings. The molecule has 2 saturated heterocycles. The number of esters is 1. The number of carbonyl (C=O) groups is 2. The topological polar surface area (TPSA) is 74.2 Å². The number of hydrogen-bond donors (Lipinski definition) is 1. The van der Waals surface area contributed by atoms with E-state index in [0.717, 1.165) is 45.0 Å². The van der Waals surface area contributed by atoms with E-state index >= 15 is 0 Å². The number of carbonyl (C=O) groups excluding carboxylic acids is 2. The van der Waals surface area contributed by atoms with E-state index in [1.807, 2.05) is 11.8 Å². The van der Waals surface area contributed by atoms with Crippen LogP contribution in [0.1, 0.15) is 33.1 Å². The maximum absolute atomic E-state index is 11.8. The lowest BCUT2D eigenvalue weighted by Crippen LogP contribution is -2.40. The Bertz CT molecular complexity index is 480. The third kappa shape index (κ3) is 4.61. The molecule has 24 heavy (non-hydrogen) atoms. The van der Waals surface area contributed by atoms with Crippen LogP contribution < -0.4 is 5.32 Å². The third-order valence-corrected chi connectivity index (χ3v) is 4.77. The Morgan fingerprint density at radius 1 is 1.42 bits per heavy atom. The standard InChI is InChI=1S/C17H30N4O3/c1-4-18-17(19-8-6-10-20-9-5-7-15(20)22)21-11-13(2)14(12-21)16(23)24-3/h13-14H,4-12H2,1-3H3,(H,18,19). The SMILES string of the molecule is CCNC(=NCCCN1CCCC1=O)N1CC(C)C(C(=O)OC)C1. The minimum absolute atomic E-state index is 0.0962. The molecule has 0 saturated carbocycles. The Kier molecular flexibility index (Phi) is 6.87. The number of likely N-dealkylation sites (tertiary alicyclic amines) is 2. The van der Waals surface area contributed by atoms with Crippen LogP contribution in [-0.4, -0.2) is 74.0 Å². The van der Waals surface area contributed by atoms with Crippen LogP contribution in [0.5, 0.6) is 0 Å². The molecule has 0 bridgehead atoms. The number of aliphatic imine (C=N–C) groups is 1. The second-order valence-electron chi connectivity index (χ2n) is 6.59. The number of amides is 1. The van der Waals surface area contributed by atoms with Gasteiger partial charge >= 0.3 is 5.97 Å². The highest BCUT2D eigenvalue weighted by molar-refractivity contribution is 5.82. The molecule has 2 unspecified atom stereocenters. The van der Waals surface area contributed by atoms with E-state index in [0.29, 0.717) is 19.5 Å². The molecule has 2 rings (SSSR count). The summed E-state index contributed by atoms with van der Waals surface area (Å²) in [6.45, 7) is 8.69. The highest BCUT2D eigenvalue weighted by Crippen LogP contribution is 2.24. The van der Waals surface area contributed by atoms with Crippen molar-refractivity contribution in [1.29, 1.82) is 0 Å². The van der Waals surface area contributed by atoms with Crippen LogP contribution in [-0.2, 0) is 14.3 Å². The minimum Gasteiger partial charge on any atom is -0.469 e. The highest BCUT2D eigenvalue weighted by Gasteiger charge is 2.36. The van der Waals surface area contributed by atoms with Crippen molar-refractivity contribution in [3.05, 3.63) is 0 Å². The molecule has 2 aliphatic heterocycles. The molecule has 1 N–H and O–H groups in total. The van der Waals surface area contributed by atoms with Crippen molar-refractivity contribution in [3.63, 3.8) is 0 Å². The molecule has 0 radical (unpaired) electrons. The predicted octanol–water partition coefficient (Wildman–Crippen LogP) is 0.705. The van der Waals surface area contributed by atoms with Gasteiger partial charge in [0.1, 0.15) is 0 Å². The Hall–Kier alpha value is -1.79. The molecule has 2 atom stereocenters. The number of guanidine groups is 1. The van der Waals surface area contributed by atoms with E-state index in [-0.39, 0.29) is 23.7 Å². The molecular weight excluding hydrogens is 308 g/mol. The smallest absolute Gasteiger partial charge is 0.310 e. The number of methoxy groups -OCH3 is 1. The molecule has 2 heterocycles. The molecule has 0 aromatic heterocycles. The summed E-state index contributed by atoms with van der Waals surface area (Å²) in [6, 6.07) is 0. The molecule has 1 amide bonds. The summed E-state index contributed by atoms with van der Waals surface area (Å²) < 4.78 is 4.89. The molecule has 0 aliphatic carbocycles. The first-order chi connectivity index (χ1) is 11.6. The Labute approximate surface area is 144 Å². The van der Waals surface area contributed by atoms with Crippen molar-refractivity contribution in [2.45, 2.75) is 33.1 Å². The summed E-state index contributed by atoms with van der Waals surface area (Å²) >= 11 is 0. The molecule has 136 valence electrons. The van der Waals surface area contributed by atoms with Gasteiger partial charge in [0, 0.05) is 45.7 Å². The monoisotopic (exact) mass is 338 g/mol. The van der Waals surface area contributed by atoms with Gasteiger partial charge in [0.15, 0.2) is 5.96 Å². The third-order valence-electron chi connectivity index (χ3n) is 4.77. The van der Waals surface area contributed by atoms with Gasteiger partial charge in [-0.3, -0.25) is 14.6 Å². The van der Waals surface area contributed by atoms with E-state index < -0.39 is 0 Å². The highest BCUT2D eigenvalue weighted by atomic mass is 16.5. The van der Waals surface area contributed by atoms with Crippen LogP contribution in [0.2, 0.25) is 0 Å². The zero-order valence-electron chi connectivity index (χ0n) is 15.1. The molecule has 7 heteroatoms. The fraction of sp³-hybridized carbons (Fsp3) is 0.824. The largest absolute Gasteiger partial charge is 0.469 e. The van der Waals surface area contributed by atoms with Crippen LogP contribution in [0, 0.1) is 11.8 Å². The summed E-state index contributed by atoms with van der Waals surface area (Å²) in [4.78, 5) is 32.2. The van der Waals surface area contributed by atoms with Crippen LogP contribution in [0.15, 0.2) is 4.99 Å². The van der Waals surface area contributed by atoms with Crippen molar-refractivity contribution >= 4 is 17.8 Å². The maximum Gasteiger partial charge on any atom is 0.310 e. The van der Waals surface area contributed by atoms with Crippen molar-refractivity contribution in [2.75, 3.05) is 46.4 Å². The first-order valence-electron chi connectivity index (χ1n) is 8.95. The zero-order chi connectivity index (χ0) is 17.5.